The number of carbonyl (C=O) groups excluding carboxylic acids is 2. The molecule has 3 aromatic heterocycles. The summed E-state index contributed by atoms with van der Waals surface area (Å²) < 4.78 is 207. The zero-order chi connectivity index (χ0) is 54.0. The third kappa shape index (κ3) is 11.5. The van der Waals surface area contributed by atoms with Crippen LogP contribution in [0.25, 0.3) is 22.0 Å². The van der Waals surface area contributed by atoms with Crippen molar-refractivity contribution in [2.45, 2.75) is 74.8 Å². The number of anilines is 1. The number of nitrogens with zero attached hydrogens (tertiary/aromatic N) is 6. The lowest BCUT2D eigenvalue weighted by atomic mass is 9.93. The van der Waals surface area contributed by atoms with Gasteiger partial charge in [0.25, 0.3) is 5.92 Å². The second-order valence-corrected chi connectivity index (χ2v) is 22.3. The van der Waals surface area contributed by atoms with Gasteiger partial charge in [0.1, 0.15) is 47.5 Å². The van der Waals surface area contributed by atoms with E-state index in [1.807, 2.05) is 0 Å². The fourth-order valence-electron chi connectivity index (χ4n) is 8.19. The van der Waals surface area contributed by atoms with Gasteiger partial charge in [-0.2, -0.15) is 49.6 Å². The van der Waals surface area contributed by atoms with E-state index in [0.29, 0.717) is 12.3 Å². The Balaban J connectivity index is 1.46. The number of aliphatic hydroxyl groups is 1. The molecule has 16 nitrogen and oxygen atoms in total. The molecule has 0 radical (unpaired) electrons. The molecule has 2 N–H and O–H groups in total. The maximum atomic E-state index is 15.6. The summed E-state index contributed by atoms with van der Waals surface area (Å²) in [7, 11) is -8.79. The number of halogens is 11. The minimum Gasteiger partial charge on any atom is -0.446 e. The van der Waals surface area contributed by atoms with Crippen LogP contribution < -0.4 is 9.62 Å². The quantitative estimate of drug-likeness (QED) is 0.0572. The van der Waals surface area contributed by atoms with Crippen molar-refractivity contribution < 1.29 is 84.9 Å². The lowest BCUT2D eigenvalue weighted by Gasteiger charge is -2.23. The van der Waals surface area contributed by atoms with Gasteiger partial charge in [-0.3, -0.25) is 14.2 Å². The first kappa shape index (κ1) is 54.7. The van der Waals surface area contributed by atoms with Crippen LogP contribution in [0.4, 0.5) is 54.5 Å². The molecule has 0 aliphatic heterocycles. The Morgan fingerprint density at radius 3 is 2.22 bits per heavy atom. The van der Waals surface area contributed by atoms with Crippen molar-refractivity contribution in [3.8, 4) is 23.0 Å². The third-order valence-corrected chi connectivity index (χ3v) is 14.9. The third-order valence-electron chi connectivity index (χ3n) is 11.7. The van der Waals surface area contributed by atoms with Crippen molar-refractivity contribution in [2.75, 3.05) is 43.2 Å². The number of sulfonamides is 1. The fourth-order valence-corrected chi connectivity index (χ4v) is 9.43. The maximum Gasteiger partial charge on any atom is 0.435 e. The Hall–Kier alpha value is -6.02. The van der Waals surface area contributed by atoms with E-state index in [1.54, 1.807) is 0 Å². The smallest absolute Gasteiger partial charge is 0.435 e. The molecule has 1 fully saturated rings. The summed E-state index contributed by atoms with van der Waals surface area (Å²) in [5.74, 6) is -6.15. The number of benzene rings is 2. The van der Waals surface area contributed by atoms with E-state index in [0.717, 1.165) is 42.7 Å². The number of ether oxygens (including phenoxy) is 2. The Labute approximate surface area is 413 Å². The van der Waals surface area contributed by atoms with Crippen molar-refractivity contribution >= 4 is 60.2 Å². The van der Waals surface area contributed by atoms with Crippen LogP contribution in [0.2, 0.25) is 5.02 Å². The summed E-state index contributed by atoms with van der Waals surface area (Å²) in [5.41, 5.74) is -6.03. The molecule has 0 unspecified atom stereocenters. The summed E-state index contributed by atoms with van der Waals surface area (Å²) >= 11 is 6.60. The number of hydrogen-bond acceptors (Lipinski definition) is 12. The van der Waals surface area contributed by atoms with Crippen molar-refractivity contribution in [3.05, 3.63) is 93.0 Å². The summed E-state index contributed by atoms with van der Waals surface area (Å²) in [6.45, 7) is -2.50. The number of pyridine rings is 1. The molecule has 1 saturated carbocycles. The Morgan fingerprint density at radius 1 is 0.959 bits per heavy atom. The van der Waals surface area contributed by atoms with E-state index in [1.165, 1.54) is 13.8 Å². The first-order valence-electron chi connectivity index (χ1n) is 21.4. The molecule has 3 atom stereocenters. The highest BCUT2D eigenvalue weighted by molar-refractivity contribution is 7.93. The van der Waals surface area contributed by atoms with Gasteiger partial charge in [-0.05, 0) is 74.4 Å². The zero-order valence-electron chi connectivity index (χ0n) is 38.3. The molecule has 0 saturated heterocycles. The van der Waals surface area contributed by atoms with Crippen LogP contribution in [0.15, 0.2) is 42.5 Å². The Bertz CT molecular complexity index is 3300. The molecule has 2 aliphatic carbocycles. The lowest BCUT2D eigenvalue weighted by Crippen LogP contribution is -2.37. The molecule has 0 bridgehead atoms. The zero-order valence-corrected chi connectivity index (χ0v) is 40.7. The van der Waals surface area contributed by atoms with Crippen molar-refractivity contribution in [2.24, 2.45) is 5.92 Å². The van der Waals surface area contributed by atoms with Crippen LogP contribution in [0, 0.1) is 29.4 Å². The average Bonchev–Trinajstić information content (AvgIpc) is 3.77. The van der Waals surface area contributed by atoms with E-state index < -0.39 is 162 Å². The normalized spacial score (nSPS) is 16.9. The molecule has 73 heavy (non-hydrogen) atoms. The molecule has 2 aliphatic rings. The van der Waals surface area contributed by atoms with Gasteiger partial charge in [0.15, 0.2) is 21.3 Å². The van der Waals surface area contributed by atoms with Gasteiger partial charge >= 0.3 is 18.4 Å². The number of aromatic nitrogens is 5. The second kappa shape index (κ2) is 19.7. The van der Waals surface area contributed by atoms with Crippen LogP contribution in [-0.4, -0.2) is 108 Å². The monoisotopic (exact) mass is 1100 g/mol. The number of alkyl halides is 8. The van der Waals surface area contributed by atoms with Gasteiger partial charge in [0.2, 0.25) is 15.9 Å². The number of amides is 2. The molecule has 0 spiro atoms. The molecular formula is C44H40ClF10N7O9S2. The van der Waals surface area contributed by atoms with E-state index in [2.05, 4.69) is 32.3 Å². The van der Waals surface area contributed by atoms with Gasteiger partial charge in [0, 0.05) is 34.9 Å². The lowest BCUT2D eigenvalue weighted by molar-refractivity contribution is -0.143. The summed E-state index contributed by atoms with van der Waals surface area (Å²) in [5, 5.41) is 17.5. The highest BCUT2D eigenvalue weighted by Crippen LogP contribution is 2.68. The minimum absolute atomic E-state index is 0.0873. The number of sulfone groups is 1. The molecule has 29 heteroatoms. The number of fused-ring (bicyclic) bond motifs is 4. The highest BCUT2D eigenvalue weighted by atomic mass is 35.5. The second-order valence-electron chi connectivity index (χ2n) is 17.5. The van der Waals surface area contributed by atoms with Crippen LogP contribution in [0.5, 0.6) is 0 Å². The molecule has 2 aromatic carbocycles. The number of rotatable bonds is 16. The molecule has 7 rings (SSSR count). The van der Waals surface area contributed by atoms with Crippen molar-refractivity contribution in [3.63, 3.8) is 0 Å². The first-order valence-corrected chi connectivity index (χ1v) is 25.5. The molecule has 3 heterocycles. The molecule has 5 aromatic rings. The fraction of sp³-hybridized carbons (Fsp3) is 0.432. The van der Waals surface area contributed by atoms with Crippen LogP contribution in [0.3, 0.4) is 0 Å². The van der Waals surface area contributed by atoms with E-state index in [-0.39, 0.29) is 55.7 Å². The SMILES string of the molecule is CC(C)(C#Cc1ccc(-c2ccc(Cl)c3c(N(C(=O)OCCOCCO)S(C)(=O)=O)nn(CC(F)(F)F)c23)c([C@H](Cc2cc(F)cc(F)c2)NC(=O)Cn2nc(C(F)(F)F)c3c2C(F)(F)[C@@H]2C[C@H]32)n1)S(C)(=O)=O. The highest BCUT2D eigenvalue weighted by Gasteiger charge is 2.68. The van der Waals surface area contributed by atoms with Crippen LogP contribution in [-0.2, 0) is 65.7 Å². The van der Waals surface area contributed by atoms with E-state index >= 15 is 8.78 Å². The molecule has 2 amide bonds. The predicted octanol–water partition coefficient (Wildman–Crippen LogP) is 7.20. The molecular weight excluding hydrogens is 1060 g/mol. The predicted molar refractivity (Wildman–Crippen MR) is 239 cm³/mol. The van der Waals surface area contributed by atoms with E-state index in [9.17, 15) is 61.5 Å². The number of aliphatic hydroxyl groups excluding tert-OH is 1. The summed E-state index contributed by atoms with van der Waals surface area (Å²) in [6.07, 6.45) is -11.7. The topological polar surface area (TPSA) is 205 Å². The standard InChI is InChI=1S/C44H40ClF10N7O9S2/c1-41(2,72(3,66)67)10-9-25-5-6-26(27-7-8-30(45)34-36(27)61(21-42(48,49)50)59-39(34)62(73(4,68)69)40(65)71-14-13-70-12-11-63)35(56-25)31(17-22-15-23(46)18-24(47)16-22)57-32(64)20-60-38-33(37(58-60)44(53,54)55)28-19-29(28)43(38,51)52/h5-8,15-16,18,28-29,31,63H,11-14,17,19-21H2,1-4H3,(H,57,64)/t28-,29+,31-/m0/s1. The summed E-state index contributed by atoms with van der Waals surface area (Å²) in [6, 6.07) is 4.66. The van der Waals surface area contributed by atoms with Gasteiger partial charge in [-0.1, -0.05) is 23.6 Å². The van der Waals surface area contributed by atoms with Crippen LogP contribution >= 0.6 is 11.6 Å². The average molecular weight is 1100 g/mol. The Morgan fingerprint density at radius 2 is 1.62 bits per heavy atom. The number of hydrogen-bond donors (Lipinski definition) is 2. The van der Waals surface area contributed by atoms with Gasteiger partial charge < -0.3 is 19.9 Å². The minimum atomic E-state index is -5.23. The number of carbonyl (C=O) groups is 2. The first-order chi connectivity index (χ1) is 33.7. The summed E-state index contributed by atoms with van der Waals surface area (Å²) in [4.78, 5) is 32.1. The maximum absolute atomic E-state index is 15.6. The van der Waals surface area contributed by atoms with Gasteiger partial charge in [-0.15, -0.1) is 0 Å². The van der Waals surface area contributed by atoms with E-state index in [4.69, 9.17) is 26.2 Å². The van der Waals surface area contributed by atoms with Crippen molar-refractivity contribution in [1.82, 2.24) is 29.9 Å². The Kier molecular flexibility index (Phi) is 14.8. The van der Waals surface area contributed by atoms with Crippen LogP contribution in [0.1, 0.15) is 66.1 Å². The molecule has 394 valence electrons. The van der Waals surface area contributed by atoms with Gasteiger partial charge in [-0.25, -0.2) is 35.4 Å². The largest absolute Gasteiger partial charge is 0.446 e. The van der Waals surface area contributed by atoms with Gasteiger partial charge in [0.05, 0.1) is 53.7 Å². The van der Waals surface area contributed by atoms with Crippen molar-refractivity contribution in [1.29, 1.82) is 0 Å². The number of nitrogens with one attached hydrogen (secondary N) is 1.